The van der Waals surface area contributed by atoms with Crippen LogP contribution < -0.4 is 14.7 Å². The maximum absolute atomic E-state index is 8.55. The summed E-state index contributed by atoms with van der Waals surface area (Å²) in [6.07, 6.45) is 14.3. The van der Waals surface area contributed by atoms with E-state index in [2.05, 4.69) is 41.0 Å². The molecule has 0 rings (SSSR count). The number of unbranched alkanes of at least 4 members (excludes halogenated alkanes) is 6. The van der Waals surface area contributed by atoms with E-state index in [0.717, 1.165) is 0 Å². The van der Waals surface area contributed by atoms with Crippen LogP contribution in [0.4, 0.5) is 0 Å². The van der Waals surface area contributed by atoms with Crippen molar-refractivity contribution < 1.29 is 60.1 Å². The summed E-state index contributed by atoms with van der Waals surface area (Å²) < 4.78 is 8.55. The number of rotatable bonds is 9. The van der Waals surface area contributed by atoms with Crippen LogP contribution in [0.15, 0.2) is 0 Å². The third-order valence-electron chi connectivity index (χ3n) is 2.89. The predicted octanol–water partition coefficient (Wildman–Crippen LogP) is 3.39. The Labute approximate surface area is 171 Å². The van der Waals surface area contributed by atoms with E-state index in [9.17, 15) is 0 Å². The molecule has 0 aromatic rings. The zero-order valence-corrected chi connectivity index (χ0v) is 18.9. The van der Waals surface area contributed by atoms with Crippen LogP contribution in [0.3, 0.4) is 0 Å². The minimum atomic E-state index is -5.39. The van der Waals surface area contributed by atoms with E-state index in [1.807, 2.05) is 0 Å². The quantitative estimate of drug-likeness (QED) is 0.297. The Morgan fingerprint density at radius 2 is 1.45 bits per heavy atom. The Balaban J connectivity index is -0.000000111. The first-order valence-electron chi connectivity index (χ1n) is 8.06. The Bertz CT molecular complexity index is 208. The summed E-state index contributed by atoms with van der Waals surface area (Å²) in [7, 11) is -5.39. The van der Waals surface area contributed by atoms with Crippen molar-refractivity contribution >= 4 is 7.82 Å². The molecule has 0 bridgehead atoms. The molecule has 0 fully saturated rings. The van der Waals surface area contributed by atoms with Gasteiger partial charge in [-0.25, -0.2) is 0 Å². The summed E-state index contributed by atoms with van der Waals surface area (Å²) in [5.74, 6) is 0.704. The van der Waals surface area contributed by atoms with Gasteiger partial charge in [-0.3, -0.25) is 0 Å². The molecule has 0 aliphatic carbocycles. The van der Waals surface area contributed by atoms with E-state index in [-0.39, 0.29) is 40.8 Å². The molecule has 0 aromatic heterocycles. The molecule has 1 atom stereocenters. The van der Waals surface area contributed by atoms with Gasteiger partial charge in [-0.1, -0.05) is 72.1 Å². The molecular weight excluding hydrogens is 431 g/mol. The average Bonchev–Trinajstić information content (AvgIpc) is 2.40. The Kier molecular flexibility index (Phi) is 35.1. The largest absolute Gasteiger partial charge is 3.00 e. The molecule has 0 aliphatic rings. The molecule has 1 radical (unpaired) electrons. The predicted molar refractivity (Wildman–Crippen MR) is 85.0 cm³/mol. The summed E-state index contributed by atoms with van der Waals surface area (Å²) in [5.41, 5.74) is 0. The number of hydrogen-bond donors (Lipinski definition) is 0. The molecule has 0 aliphatic heterocycles. The van der Waals surface area contributed by atoms with Gasteiger partial charge in [-0.15, -0.1) is 0 Å². The molecule has 22 heavy (non-hydrogen) atoms. The summed E-state index contributed by atoms with van der Waals surface area (Å²) in [4.78, 5) is 25.6. The van der Waals surface area contributed by atoms with Gasteiger partial charge in [0.2, 0.25) is 0 Å². The van der Waals surface area contributed by atoms with Gasteiger partial charge in [-0.05, 0) is 0 Å². The average molecular weight is 466 g/mol. The first-order chi connectivity index (χ1) is 9.72. The van der Waals surface area contributed by atoms with Crippen molar-refractivity contribution in [1.29, 1.82) is 0 Å². The number of phosphoric acid groups is 1. The van der Waals surface area contributed by atoms with E-state index >= 15 is 0 Å². The van der Waals surface area contributed by atoms with E-state index in [1.54, 1.807) is 0 Å². The smallest absolute Gasteiger partial charge is 0.822 e. The maximum atomic E-state index is 8.55. The second kappa shape index (κ2) is 24.7. The first-order valence-corrected chi connectivity index (χ1v) is 9.52. The van der Waals surface area contributed by atoms with E-state index in [4.69, 9.17) is 19.2 Å². The molecule has 133 valence electrons. The van der Waals surface area contributed by atoms with Gasteiger partial charge in [0.1, 0.15) is 0 Å². The van der Waals surface area contributed by atoms with Gasteiger partial charge in [0.05, 0.1) is 0 Å². The van der Waals surface area contributed by atoms with Crippen LogP contribution in [0, 0.1) is 60.1 Å². The molecule has 6 heteroatoms. The van der Waals surface area contributed by atoms with Crippen LogP contribution in [0.2, 0.25) is 0 Å². The van der Waals surface area contributed by atoms with Gasteiger partial charge in [0, 0.05) is 0 Å². The normalized spacial score (nSPS) is 11.3. The van der Waals surface area contributed by atoms with Crippen LogP contribution in [0.1, 0.15) is 85.5 Å². The van der Waals surface area contributed by atoms with Gasteiger partial charge in [0.15, 0.2) is 0 Å². The standard InChI is InChI=1S/2C8H17.Nd.H3O4P/c1-4-6-7-8(3)5-2;1-3-5-7-8-6-4-2;;1-5(2,3)4/h8H,3-7H2,1-2H3;3H,4-8H2,1-2H3;;(H3,1,2,3,4)/q2*-1;+3;/p-3. The molecule has 0 heterocycles. The van der Waals surface area contributed by atoms with Crippen molar-refractivity contribution in [2.45, 2.75) is 85.5 Å². The Hall–Kier alpha value is 1.46. The molecule has 0 spiro atoms. The molecule has 4 nitrogen and oxygen atoms in total. The fourth-order valence-electron chi connectivity index (χ4n) is 1.47. The van der Waals surface area contributed by atoms with Crippen molar-refractivity contribution in [2.24, 2.45) is 5.92 Å². The molecule has 0 N–H and O–H groups in total. The first kappa shape index (κ1) is 31.3. The molecule has 1 unspecified atom stereocenters. The second-order valence-electron chi connectivity index (χ2n) is 5.12. The minimum absolute atomic E-state index is 0. The van der Waals surface area contributed by atoms with Crippen molar-refractivity contribution in [3.8, 4) is 0 Å². The Morgan fingerprint density at radius 1 is 1.00 bits per heavy atom. The fraction of sp³-hybridized carbons (Fsp3) is 0.875. The van der Waals surface area contributed by atoms with Crippen molar-refractivity contribution in [3.05, 3.63) is 13.3 Å². The molecule has 0 amide bonds. The van der Waals surface area contributed by atoms with Crippen molar-refractivity contribution in [1.82, 2.24) is 0 Å². The topological polar surface area (TPSA) is 86.2 Å². The zero-order chi connectivity index (χ0) is 17.1. The SMILES string of the molecule is C[CH-]CCCCCC.O=P([O-])([O-])[O-].[CH2-]C(CC)CCCC.[Nd+3]. The minimum Gasteiger partial charge on any atom is -0.822 e. The summed E-state index contributed by atoms with van der Waals surface area (Å²) in [5, 5.41) is 0. The van der Waals surface area contributed by atoms with Gasteiger partial charge in [0.25, 0.3) is 0 Å². The number of hydrogen-bond acceptors (Lipinski definition) is 4. The maximum Gasteiger partial charge on any atom is 3.00 e. The van der Waals surface area contributed by atoms with Crippen molar-refractivity contribution in [3.63, 3.8) is 0 Å². The van der Waals surface area contributed by atoms with Gasteiger partial charge in [-0.2, -0.15) is 27.1 Å². The van der Waals surface area contributed by atoms with E-state index in [1.165, 1.54) is 57.8 Å². The zero-order valence-electron chi connectivity index (χ0n) is 14.8. The van der Waals surface area contributed by atoms with Gasteiger partial charge >= 0.3 is 40.8 Å². The van der Waals surface area contributed by atoms with Crippen LogP contribution in [-0.4, -0.2) is 0 Å². The van der Waals surface area contributed by atoms with Gasteiger partial charge < -0.3 is 32.6 Å². The second-order valence-corrected chi connectivity index (χ2v) is 6.02. The van der Waals surface area contributed by atoms with E-state index < -0.39 is 7.82 Å². The van der Waals surface area contributed by atoms with Crippen LogP contribution in [0.25, 0.3) is 0 Å². The van der Waals surface area contributed by atoms with E-state index in [0.29, 0.717) is 5.92 Å². The van der Waals surface area contributed by atoms with Crippen LogP contribution in [0.5, 0.6) is 0 Å². The van der Waals surface area contributed by atoms with Crippen LogP contribution >= 0.6 is 7.82 Å². The molecule has 0 aromatic carbocycles. The Morgan fingerprint density at radius 3 is 1.77 bits per heavy atom. The molecule has 0 saturated carbocycles. The third kappa shape index (κ3) is 57.9. The molecular formula is C16H34NdO4P-2. The fourth-order valence-corrected chi connectivity index (χ4v) is 1.47. The summed E-state index contributed by atoms with van der Waals surface area (Å²) in [6.45, 7) is 12.8. The summed E-state index contributed by atoms with van der Waals surface area (Å²) >= 11 is 0. The van der Waals surface area contributed by atoms with Crippen LogP contribution in [-0.2, 0) is 4.57 Å². The summed E-state index contributed by atoms with van der Waals surface area (Å²) in [6, 6.07) is 0. The van der Waals surface area contributed by atoms with Crippen molar-refractivity contribution in [2.75, 3.05) is 0 Å². The third-order valence-corrected chi connectivity index (χ3v) is 2.89. The molecule has 0 saturated heterocycles. The monoisotopic (exact) mass is 463 g/mol.